The van der Waals surface area contributed by atoms with Gasteiger partial charge in [-0.15, -0.1) is 0 Å². The second-order valence-corrected chi connectivity index (χ2v) is 10.1. The summed E-state index contributed by atoms with van der Waals surface area (Å²) in [6.07, 6.45) is 4.44. The number of pyridine rings is 3. The van der Waals surface area contributed by atoms with Crippen LogP contribution in [-0.2, 0) is 24.9 Å². The van der Waals surface area contributed by atoms with Gasteiger partial charge in [0.2, 0.25) is 5.91 Å². The third-order valence-corrected chi connectivity index (χ3v) is 7.70. The van der Waals surface area contributed by atoms with Crippen LogP contribution in [0.4, 0.5) is 26.0 Å². The second-order valence-electron chi connectivity index (χ2n) is 10.1. The van der Waals surface area contributed by atoms with Crippen molar-refractivity contribution in [3.8, 4) is 11.3 Å². The van der Waals surface area contributed by atoms with Gasteiger partial charge < -0.3 is 25.4 Å². The number of nitrogens with zero attached hydrogens (tertiary/aromatic N) is 5. The minimum atomic E-state index is -2.87. The van der Waals surface area contributed by atoms with Crippen LogP contribution in [0.5, 0.6) is 0 Å². The average Bonchev–Trinajstić information content (AvgIpc) is 3.47. The van der Waals surface area contributed by atoms with Gasteiger partial charge >= 0.3 is 0 Å². The van der Waals surface area contributed by atoms with Gasteiger partial charge in [-0.1, -0.05) is 0 Å². The van der Waals surface area contributed by atoms with Crippen molar-refractivity contribution in [2.45, 2.75) is 37.9 Å². The monoisotopic (exact) mass is 530 g/mol. The number of amides is 2. The Morgan fingerprint density at radius 1 is 1.10 bits per heavy atom. The molecule has 12 heteroatoms. The molecule has 3 aliphatic heterocycles. The molecule has 39 heavy (non-hydrogen) atoms. The van der Waals surface area contributed by atoms with Crippen molar-refractivity contribution in [1.82, 2.24) is 30.2 Å². The van der Waals surface area contributed by atoms with E-state index in [-0.39, 0.29) is 25.4 Å². The maximum absolute atomic E-state index is 14.0. The number of piperidine rings is 1. The van der Waals surface area contributed by atoms with Gasteiger partial charge in [0.1, 0.15) is 17.5 Å². The number of hydrogen-bond acceptors (Lipinski definition) is 7. The van der Waals surface area contributed by atoms with E-state index in [0.717, 1.165) is 22.2 Å². The van der Waals surface area contributed by atoms with E-state index in [1.165, 1.54) is 0 Å². The maximum Gasteiger partial charge on any atom is 0.254 e. The number of anilines is 3. The molecule has 1 unspecified atom stereocenters. The SMILES string of the molecule is Cn1ccc2c(-c3ncc(Nc4ccc5c(n4)CNC(=O)C4CC(F)(F)CCN54)c4c3CNC4=O)ccnc21. The molecule has 3 N–H and O–H groups in total. The Morgan fingerprint density at radius 3 is 2.85 bits per heavy atom. The molecule has 0 aliphatic carbocycles. The summed E-state index contributed by atoms with van der Waals surface area (Å²) in [7, 11) is 1.93. The van der Waals surface area contributed by atoms with E-state index in [0.29, 0.717) is 40.7 Å². The molecular weight excluding hydrogens is 506 g/mol. The third-order valence-electron chi connectivity index (χ3n) is 7.70. The summed E-state index contributed by atoms with van der Waals surface area (Å²) in [6, 6.07) is 6.44. The van der Waals surface area contributed by atoms with Crippen LogP contribution in [-0.4, -0.2) is 49.8 Å². The highest BCUT2D eigenvalue weighted by Gasteiger charge is 2.45. The van der Waals surface area contributed by atoms with E-state index in [4.69, 9.17) is 4.98 Å². The van der Waals surface area contributed by atoms with Crippen LogP contribution in [0, 0.1) is 0 Å². The molecule has 0 spiro atoms. The van der Waals surface area contributed by atoms with Crippen molar-refractivity contribution in [1.29, 1.82) is 0 Å². The summed E-state index contributed by atoms with van der Waals surface area (Å²) in [5, 5.41) is 9.79. The second kappa shape index (κ2) is 8.45. The molecule has 1 fully saturated rings. The number of aromatic nitrogens is 4. The summed E-state index contributed by atoms with van der Waals surface area (Å²) >= 11 is 0. The Balaban J connectivity index is 1.24. The molecule has 4 aromatic heterocycles. The van der Waals surface area contributed by atoms with E-state index in [1.807, 2.05) is 29.9 Å². The highest BCUT2D eigenvalue weighted by atomic mass is 19.3. The van der Waals surface area contributed by atoms with Crippen molar-refractivity contribution in [3.63, 3.8) is 0 Å². The van der Waals surface area contributed by atoms with Gasteiger partial charge in [0, 0.05) is 61.9 Å². The molecule has 1 saturated heterocycles. The molecule has 2 amide bonds. The molecule has 4 aromatic rings. The summed E-state index contributed by atoms with van der Waals surface area (Å²) in [5.74, 6) is -3.07. The Bertz CT molecular complexity index is 1680. The fraction of sp³-hybridized carbons (Fsp3) is 0.296. The minimum Gasteiger partial charge on any atom is -0.358 e. The number of nitrogens with one attached hydrogen (secondary N) is 3. The number of aryl methyl sites for hydroxylation is 1. The van der Waals surface area contributed by atoms with Crippen molar-refractivity contribution in [2.24, 2.45) is 7.05 Å². The normalized spacial score (nSPS) is 19.6. The standard InChI is InChI=1S/C27H24F2N8O2/c1-36-8-5-15-14(4-7-30-24(15)36)23-16-11-32-26(39)22(16)18(13-31-23)35-21-3-2-19-17(34-21)12-33-25(38)20-10-27(28,29)6-9-37(19)20/h2-5,7-8,13,20H,6,9-12H2,1H3,(H,32,39)(H,33,38)(H,34,35). The van der Waals surface area contributed by atoms with Crippen molar-refractivity contribution in [2.75, 3.05) is 16.8 Å². The lowest BCUT2D eigenvalue weighted by molar-refractivity contribution is -0.126. The first kappa shape index (κ1) is 23.5. The maximum atomic E-state index is 14.0. The van der Waals surface area contributed by atoms with Crippen LogP contribution in [0.1, 0.15) is 34.5 Å². The van der Waals surface area contributed by atoms with E-state index >= 15 is 0 Å². The van der Waals surface area contributed by atoms with Crippen LogP contribution < -0.4 is 20.9 Å². The Morgan fingerprint density at radius 2 is 1.97 bits per heavy atom. The molecule has 0 bridgehead atoms. The molecule has 3 aliphatic rings. The molecule has 0 radical (unpaired) electrons. The number of hydrogen-bond donors (Lipinski definition) is 3. The number of carbonyl (C=O) groups excluding carboxylic acids is 2. The van der Waals surface area contributed by atoms with Crippen LogP contribution in [0.15, 0.2) is 42.9 Å². The molecule has 0 saturated carbocycles. The lowest BCUT2D eigenvalue weighted by Crippen LogP contribution is -2.53. The number of fused-ring (bicyclic) bond motifs is 5. The third kappa shape index (κ3) is 3.77. The van der Waals surface area contributed by atoms with E-state index in [1.54, 1.807) is 29.4 Å². The summed E-state index contributed by atoms with van der Waals surface area (Å²) in [6.45, 7) is 0.524. The molecular formula is C27H24F2N8O2. The van der Waals surface area contributed by atoms with Gasteiger partial charge in [-0.25, -0.2) is 18.7 Å². The largest absolute Gasteiger partial charge is 0.358 e. The smallest absolute Gasteiger partial charge is 0.254 e. The van der Waals surface area contributed by atoms with E-state index in [2.05, 4.69) is 25.9 Å². The first-order chi connectivity index (χ1) is 18.8. The number of alkyl halides is 2. The van der Waals surface area contributed by atoms with E-state index in [9.17, 15) is 18.4 Å². The first-order valence-electron chi connectivity index (χ1n) is 12.7. The first-order valence-corrected chi connectivity index (χ1v) is 12.7. The topological polar surface area (TPSA) is 117 Å². The van der Waals surface area contributed by atoms with Gasteiger partial charge in [0.05, 0.1) is 41.1 Å². The van der Waals surface area contributed by atoms with Gasteiger partial charge in [0.25, 0.3) is 11.8 Å². The van der Waals surface area contributed by atoms with Gasteiger partial charge in [-0.2, -0.15) is 0 Å². The van der Waals surface area contributed by atoms with Crippen molar-refractivity contribution < 1.29 is 18.4 Å². The minimum absolute atomic E-state index is 0.0648. The Hall–Kier alpha value is -4.61. The molecule has 0 aromatic carbocycles. The molecule has 10 nitrogen and oxygen atoms in total. The highest BCUT2D eigenvalue weighted by Crippen LogP contribution is 2.39. The number of carbonyl (C=O) groups is 2. The lowest BCUT2D eigenvalue weighted by Gasteiger charge is -2.38. The zero-order chi connectivity index (χ0) is 26.9. The Kier molecular flexibility index (Phi) is 5.09. The van der Waals surface area contributed by atoms with Gasteiger partial charge in [-0.3, -0.25) is 14.6 Å². The average molecular weight is 531 g/mol. The highest BCUT2D eigenvalue weighted by molar-refractivity contribution is 6.06. The molecule has 7 rings (SSSR count). The predicted molar refractivity (Wildman–Crippen MR) is 140 cm³/mol. The zero-order valence-electron chi connectivity index (χ0n) is 21.0. The predicted octanol–water partition coefficient (Wildman–Crippen LogP) is 3.25. The van der Waals surface area contributed by atoms with Crippen LogP contribution >= 0.6 is 0 Å². The number of rotatable bonds is 3. The van der Waals surface area contributed by atoms with Crippen molar-refractivity contribution in [3.05, 3.63) is 59.7 Å². The summed E-state index contributed by atoms with van der Waals surface area (Å²) in [5.41, 5.74) is 5.41. The molecule has 1 atom stereocenters. The van der Waals surface area contributed by atoms with Crippen LogP contribution in [0.3, 0.4) is 0 Å². The Labute approximate surface area is 221 Å². The zero-order valence-corrected chi connectivity index (χ0v) is 21.0. The van der Waals surface area contributed by atoms with Crippen LogP contribution in [0.2, 0.25) is 0 Å². The molecule has 7 heterocycles. The fourth-order valence-electron chi connectivity index (χ4n) is 5.78. The molecule has 198 valence electrons. The van der Waals surface area contributed by atoms with Crippen LogP contribution in [0.25, 0.3) is 22.3 Å². The van der Waals surface area contributed by atoms with Gasteiger partial charge in [-0.05, 0) is 24.3 Å². The fourth-order valence-corrected chi connectivity index (χ4v) is 5.78. The quantitative estimate of drug-likeness (QED) is 0.372. The lowest BCUT2D eigenvalue weighted by atomic mass is 9.97. The van der Waals surface area contributed by atoms with Gasteiger partial charge in [0.15, 0.2) is 0 Å². The summed E-state index contributed by atoms with van der Waals surface area (Å²) < 4.78 is 30.0. The summed E-state index contributed by atoms with van der Waals surface area (Å²) in [4.78, 5) is 41.1. The number of halogens is 2. The van der Waals surface area contributed by atoms with Crippen molar-refractivity contribution >= 4 is 40.0 Å². The van der Waals surface area contributed by atoms with E-state index < -0.39 is 24.3 Å².